The molecule has 0 aliphatic carbocycles. The Morgan fingerprint density at radius 3 is 2.68 bits per heavy atom. The first-order valence-electron chi connectivity index (χ1n) is 13.6. The van der Waals surface area contributed by atoms with Crippen molar-refractivity contribution < 1.29 is 14.3 Å². The second kappa shape index (κ2) is 10.3. The van der Waals surface area contributed by atoms with Crippen LogP contribution in [-0.2, 0) is 9.53 Å². The van der Waals surface area contributed by atoms with Crippen molar-refractivity contribution in [2.75, 3.05) is 62.7 Å². The number of hydrogen-bond acceptors (Lipinski definition) is 7. The number of carbonyl (C=O) groups excluding carboxylic acids is 1. The summed E-state index contributed by atoms with van der Waals surface area (Å²) in [6.07, 6.45) is 11.2. The Labute approximate surface area is 224 Å². The summed E-state index contributed by atoms with van der Waals surface area (Å²) in [7, 11) is 0. The van der Waals surface area contributed by atoms with Gasteiger partial charge in [0, 0.05) is 44.1 Å². The number of anilines is 3. The Kier molecular flexibility index (Phi) is 6.73. The predicted molar refractivity (Wildman–Crippen MR) is 148 cm³/mol. The van der Waals surface area contributed by atoms with Crippen molar-refractivity contribution >= 4 is 23.1 Å². The molecule has 5 heterocycles. The second-order valence-electron chi connectivity index (χ2n) is 10.6. The minimum Gasteiger partial charge on any atom is -0.482 e. The highest BCUT2D eigenvalue weighted by Gasteiger charge is 2.36. The lowest BCUT2D eigenvalue weighted by Crippen LogP contribution is -2.61. The summed E-state index contributed by atoms with van der Waals surface area (Å²) < 4.78 is 12.1. The van der Waals surface area contributed by atoms with Gasteiger partial charge in [-0.1, -0.05) is 12.5 Å². The number of fused-ring (bicyclic) bond motifs is 2. The maximum absolute atomic E-state index is 11.8. The van der Waals surface area contributed by atoms with Gasteiger partial charge in [0.15, 0.2) is 5.75 Å². The summed E-state index contributed by atoms with van der Waals surface area (Å²) in [6.45, 7) is 12.4. The normalized spacial score (nSPS) is 22.2. The lowest BCUT2D eigenvalue weighted by Gasteiger charge is -2.47. The zero-order valence-electron chi connectivity index (χ0n) is 22.0. The minimum atomic E-state index is -0.207. The van der Waals surface area contributed by atoms with Gasteiger partial charge >= 0.3 is 0 Å². The summed E-state index contributed by atoms with van der Waals surface area (Å²) in [5.41, 5.74) is 5.08. The Morgan fingerprint density at radius 2 is 1.97 bits per heavy atom. The number of nitrogens with zero attached hydrogens (tertiary/aromatic N) is 4. The molecule has 0 radical (unpaired) electrons. The SMILES string of the molecule is C#Cc1cc(C2CCN(C3CN(C(=O)C=C)C3)CC2)cc2c1O[C@H](C)c1c(N3CCOCC3)ccnc1N2. The van der Waals surface area contributed by atoms with Crippen molar-refractivity contribution in [3.05, 3.63) is 53.7 Å². The molecule has 8 heteroatoms. The highest BCUT2D eigenvalue weighted by atomic mass is 16.5. The van der Waals surface area contributed by atoms with Gasteiger partial charge in [0.25, 0.3) is 0 Å². The van der Waals surface area contributed by atoms with Crippen molar-refractivity contribution in [3.8, 4) is 18.1 Å². The highest BCUT2D eigenvalue weighted by Crippen LogP contribution is 2.45. The number of morpholine rings is 1. The quantitative estimate of drug-likeness (QED) is 0.494. The molecule has 4 aliphatic heterocycles. The van der Waals surface area contributed by atoms with Crippen molar-refractivity contribution in [2.24, 2.45) is 0 Å². The topological polar surface area (TPSA) is 70.2 Å². The molecule has 1 N–H and O–H groups in total. The molecule has 8 nitrogen and oxygen atoms in total. The molecule has 38 heavy (non-hydrogen) atoms. The number of likely N-dealkylation sites (tertiary alicyclic amines) is 2. The van der Waals surface area contributed by atoms with Crippen molar-refractivity contribution in [1.82, 2.24) is 14.8 Å². The average molecular weight is 514 g/mol. The van der Waals surface area contributed by atoms with E-state index in [9.17, 15) is 4.79 Å². The van der Waals surface area contributed by atoms with Gasteiger partial charge in [0.1, 0.15) is 11.9 Å². The lowest BCUT2D eigenvalue weighted by molar-refractivity contribution is -0.133. The van der Waals surface area contributed by atoms with Crippen LogP contribution in [0.1, 0.15) is 48.5 Å². The Morgan fingerprint density at radius 1 is 1.21 bits per heavy atom. The van der Waals surface area contributed by atoms with Crippen molar-refractivity contribution in [3.63, 3.8) is 0 Å². The molecule has 2 aromatic rings. The van der Waals surface area contributed by atoms with Gasteiger partial charge in [-0.25, -0.2) is 4.98 Å². The second-order valence-corrected chi connectivity index (χ2v) is 10.6. The molecule has 3 saturated heterocycles. The molecule has 1 amide bonds. The van der Waals surface area contributed by atoms with Crippen molar-refractivity contribution in [1.29, 1.82) is 0 Å². The van der Waals surface area contributed by atoms with E-state index < -0.39 is 0 Å². The zero-order valence-corrected chi connectivity index (χ0v) is 22.0. The van der Waals surface area contributed by atoms with Crippen LogP contribution in [-0.4, -0.2) is 79.2 Å². The highest BCUT2D eigenvalue weighted by molar-refractivity contribution is 5.87. The van der Waals surface area contributed by atoms with Crippen LogP contribution < -0.4 is 15.0 Å². The molecule has 0 unspecified atom stereocenters. The molecule has 3 fully saturated rings. The van der Waals surface area contributed by atoms with Crippen molar-refractivity contribution in [2.45, 2.75) is 37.8 Å². The number of pyridine rings is 1. The van der Waals surface area contributed by atoms with Gasteiger partial charge in [-0.05, 0) is 68.6 Å². The van der Waals surface area contributed by atoms with Gasteiger partial charge in [0.05, 0.1) is 30.0 Å². The summed E-state index contributed by atoms with van der Waals surface area (Å²) in [5.74, 6) is 4.87. The first-order valence-corrected chi connectivity index (χ1v) is 13.6. The molecule has 6 rings (SSSR count). The van der Waals surface area contributed by atoms with Gasteiger partial charge in [-0.3, -0.25) is 9.69 Å². The van der Waals surface area contributed by atoms with Crippen LogP contribution in [0.4, 0.5) is 17.2 Å². The van der Waals surface area contributed by atoms with Gasteiger partial charge in [-0.2, -0.15) is 0 Å². The van der Waals surface area contributed by atoms with Crippen LogP contribution in [0.25, 0.3) is 0 Å². The number of amides is 1. The third-order valence-electron chi connectivity index (χ3n) is 8.41. The van der Waals surface area contributed by atoms with Gasteiger partial charge in [-0.15, -0.1) is 6.42 Å². The Balaban J connectivity index is 1.22. The fourth-order valence-corrected chi connectivity index (χ4v) is 6.21. The van der Waals surface area contributed by atoms with Crippen LogP contribution in [0.2, 0.25) is 0 Å². The molecular weight excluding hydrogens is 478 g/mol. The molecule has 198 valence electrons. The fourth-order valence-electron chi connectivity index (χ4n) is 6.21. The number of nitrogens with one attached hydrogen (secondary N) is 1. The van der Waals surface area contributed by atoms with E-state index in [0.29, 0.717) is 17.7 Å². The number of benzene rings is 1. The molecule has 1 aromatic carbocycles. The number of ether oxygens (including phenoxy) is 2. The third kappa shape index (κ3) is 4.50. The van der Waals surface area contributed by atoms with Crippen LogP contribution in [0.3, 0.4) is 0 Å². The van der Waals surface area contributed by atoms with E-state index in [4.69, 9.17) is 20.9 Å². The number of carbonyl (C=O) groups is 1. The summed E-state index contributed by atoms with van der Waals surface area (Å²) >= 11 is 0. The number of terminal acetylenes is 1. The molecule has 1 atom stereocenters. The summed E-state index contributed by atoms with van der Waals surface area (Å²) in [5, 5.41) is 3.59. The lowest BCUT2D eigenvalue weighted by atomic mass is 9.87. The number of aromatic nitrogens is 1. The largest absolute Gasteiger partial charge is 0.482 e. The number of hydrogen-bond donors (Lipinski definition) is 1. The monoisotopic (exact) mass is 513 g/mol. The van der Waals surface area contributed by atoms with E-state index in [1.165, 1.54) is 11.6 Å². The first-order chi connectivity index (χ1) is 18.6. The Hall–Kier alpha value is -3.54. The van der Waals surface area contributed by atoms with E-state index in [1.807, 2.05) is 11.1 Å². The van der Waals surface area contributed by atoms with Gasteiger partial charge in [0.2, 0.25) is 5.91 Å². The van der Waals surface area contributed by atoms with E-state index >= 15 is 0 Å². The fraction of sp³-hybridized carbons (Fsp3) is 0.467. The average Bonchev–Trinajstić information content (AvgIpc) is 3.08. The molecular formula is C30H35N5O3. The molecule has 0 spiro atoms. The third-order valence-corrected chi connectivity index (χ3v) is 8.41. The summed E-state index contributed by atoms with van der Waals surface area (Å²) in [6, 6.07) is 6.86. The van der Waals surface area contributed by atoms with E-state index in [-0.39, 0.29) is 12.0 Å². The summed E-state index contributed by atoms with van der Waals surface area (Å²) in [4.78, 5) is 23.2. The van der Waals surface area contributed by atoms with Crippen LogP contribution >= 0.6 is 0 Å². The van der Waals surface area contributed by atoms with Crippen LogP contribution in [0.15, 0.2) is 37.1 Å². The number of piperidine rings is 1. The molecule has 0 saturated carbocycles. The molecule has 0 bridgehead atoms. The van der Waals surface area contributed by atoms with Crippen LogP contribution in [0, 0.1) is 12.3 Å². The van der Waals surface area contributed by atoms with E-state index in [0.717, 1.165) is 93.6 Å². The standard InChI is InChI=1S/C30H35N5O3/c1-4-21-16-23(22-7-10-33(11-8-22)24-18-35(19-24)27(36)5-2)17-25-29(21)38-20(3)28-26(6-9-31-30(28)32-25)34-12-14-37-15-13-34/h1,5-6,9,16-17,20,22,24H,2,7-8,10-15,18-19H2,3H3,(H,31,32)/t20-/m1/s1. The predicted octanol–water partition coefficient (Wildman–Crippen LogP) is 3.67. The zero-order chi connectivity index (χ0) is 26.2. The minimum absolute atomic E-state index is 0.0279. The maximum atomic E-state index is 11.8. The van der Waals surface area contributed by atoms with E-state index in [2.05, 4.69) is 52.7 Å². The van der Waals surface area contributed by atoms with Gasteiger partial charge < -0.3 is 24.6 Å². The van der Waals surface area contributed by atoms with E-state index in [1.54, 1.807) is 0 Å². The molecule has 1 aromatic heterocycles. The number of rotatable bonds is 4. The Bertz CT molecular complexity index is 1270. The first kappa shape index (κ1) is 24.8. The smallest absolute Gasteiger partial charge is 0.246 e. The molecule has 4 aliphatic rings. The van der Waals surface area contributed by atoms with Crippen LogP contribution in [0.5, 0.6) is 5.75 Å². The maximum Gasteiger partial charge on any atom is 0.246 e.